The average molecular weight is 292 g/mol. The van der Waals surface area contributed by atoms with Crippen molar-refractivity contribution in [3.63, 3.8) is 0 Å². The molecule has 2 rings (SSSR count). The van der Waals surface area contributed by atoms with Crippen molar-refractivity contribution in [1.29, 1.82) is 0 Å². The predicted molar refractivity (Wildman–Crippen MR) is 65.9 cm³/mol. The Morgan fingerprint density at radius 1 is 1.68 bits per heavy atom. The molecule has 3 unspecified atom stereocenters. The van der Waals surface area contributed by atoms with Crippen molar-refractivity contribution in [1.82, 2.24) is 10.2 Å². The van der Waals surface area contributed by atoms with Crippen LogP contribution in [0.25, 0.3) is 0 Å². The van der Waals surface area contributed by atoms with E-state index in [1.807, 2.05) is 0 Å². The standard InChI is InChI=1S/C10H17N2O6P/c1-5-3-12(10(15)11-9(5)14)8-2-6(18-19-16)7(4-13)17-8/h3,6-9,13-14,16,19H,2,4H2,1H3,(H,11,15)/t6?,7-,8-,9?/m1/s1. The minimum absolute atomic E-state index is 0.258. The highest BCUT2D eigenvalue weighted by molar-refractivity contribution is 7.25. The van der Waals surface area contributed by atoms with Gasteiger partial charge in [0.25, 0.3) is 0 Å². The van der Waals surface area contributed by atoms with Gasteiger partial charge in [-0.05, 0) is 12.5 Å². The van der Waals surface area contributed by atoms with E-state index in [1.165, 1.54) is 11.1 Å². The van der Waals surface area contributed by atoms with Crippen LogP contribution in [0.15, 0.2) is 11.8 Å². The summed E-state index contributed by atoms with van der Waals surface area (Å²) in [4.78, 5) is 21.9. The zero-order chi connectivity index (χ0) is 14.0. The van der Waals surface area contributed by atoms with Crippen LogP contribution >= 0.6 is 9.03 Å². The van der Waals surface area contributed by atoms with E-state index in [-0.39, 0.29) is 6.61 Å². The van der Waals surface area contributed by atoms with Crippen LogP contribution in [0, 0.1) is 0 Å². The molecule has 2 aliphatic heterocycles. The zero-order valence-electron chi connectivity index (χ0n) is 10.3. The molecule has 1 saturated heterocycles. The Labute approximate surface area is 111 Å². The summed E-state index contributed by atoms with van der Waals surface area (Å²) in [6.07, 6.45) is -0.798. The number of hydrogen-bond acceptors (Lipinski definition) is 6. The van der Waals surface area contributed by atoms with Crippen LogP contribution in [0.1, 0.15) is 13.3 Å². The largest absolute Gasteiger partial charge is 0.394 e. The molecule has 0 aromatic heterocycles. The van der Waals surface area contributed by atoms with Crippen LogP contribution in [0.4, 0.5) is 4.79 Å². The van der Waals surface area contributed by atoms with Crippen LogP contribution in [0.3, 0.4) is 0 Å². The molecule has 108 valence electrons. The third-order valence-corrected chi connectivity index (χ3v) is 3.55. The van der Waals surface area contributed by atoms with Gasteiger partial charge in [0.15, 0.2) is 15.3 Å². The fourth-order valence-corrected chi connectivity index (χ4v) is 2.48. The highest BCUT2D eigenvalue weighted by Crippen LogP contribution is 2.30. The Bertz CT molecular complexity index is 379. The van der Waals surface area contributed by atoms with E-state index < -0.39 is 39.7 Å². The van der Waals surface area contributed by atoms with Gasteiger partial charge in [0.2, 0.25) is 0 Å². The lowest BCUT2D eigenvalue weighted by Gasteiger charge is -2.31. The van der Waals surface area contributed by atoms with Crippen molar-refractivity contribution in [3.8, 4) is 0 Å². The number of rotatable bonds is 4. The van der Waals surface area contributed by atoms with E-state index in [2.05, 4.69) is 5.32 Å². The SMILES string of the molecule is CC1=CN([C@H]2CC(OPO)[C@@H](CO)O2)C(=O)NC1O. The Hall–Kier alpha value is -0.760. The summed E-state index contributed by atoms with van der Waals surface area (Å²) in [5, 5.41) is 21.0. The number of amides is 2. The topological polar surface area (TPSA) is 111 Å². The van der Waals surface area contributed by atoms with Gasteiger partial charge < -0.3 is 29.7 Å². The monoisotopic (exact) mass is 292 g/mol. The summed E-state index contributed by atoms with van der Waals surface area (Å²) in [6, 6.07) is -0.480. The molecule has 1 fully saturated rings. The number of aliphatic hydroxyl groups excluding tert-OH is 2. The lowest BCUT2D eigenvalue weighted by atomic mass is 10.1. The summed E-state index contributed by atoms with van der Waals surface area (Å²) in [5.74, 6) is 0. The molecule has 0 bridgehead atoms. The van der Waals surface area contributed by atoms with Crippen LogP contribution in [-0.4, -0.2) is 57.3 Å². The first kappa shape index (κ1) is 14.6. The minimum Gasteiger partial charge on any atom is -0.394 e. The second-order valence-electron chi connectivity index (χ2n) is 4.43. The Kier molecular flexibility index (Phi) is 4.72. The molecule has 0 saturated carbocycles. The van der Waals surface area contributed by atoms with Gasteiger partial charge in [-0.15, -0.1) is 0 Å². The van der Waals surface area contributed by atoms with Crippen molar-refractivity contribution >= 4 is 15.1 Å². The molecule has 0 radical (unpaired) electrons. The first-order valence-corrected chi connectivity index (χ1v) is 6.68. The Morgan fingerprint density at radius 3 is 3.05 bits per heavy atom. The molecule has 19 heavy (non-hydrogen) atoms. The summed E-state index contributed by atoms with van der Waals surface area (Å²) >= 11 is 0. The summed E-state index contributed by atoms with van der Waals surface area (Å²) in [5.41, 5.74) is 0.581. The Balaban J connectivity index is 2.08. The number of ether oxygens (including phenoxy) is 1. The number of aliphatic hydroxyl groups is 2. The summed E-state index contributed by atoms with van der Waals surface area (Å²) < 4.78 is 10.6. The van der Waals surface area contributed by atoms with Gasteiger partial charge in [-0.1, -0.05) is 0 Å². The first-order valence-electron chi connectivity index (χ1n) is 5.83. The van der Waals surface area contributed by atoms with Gasteiger partial charge in [0, 0.05) is 12.6 Å². The molecule has 0 aromatic rings. The first-order chi connectivity index (χ1) is 9.06. The van der Waals surface area contributed by atoms with Crippen molar-refractivity contribution in [2.24, 2.45) is 0 Å². The molecule has 0 aliphatic carbocycles. The normalized spacial score (nSPS) is 35.9. The van der Waals surface area contributed by atoms with Gasteiger partial charge in [0.05, 0.1) is 12.7 Å². The van der Waals surface area contributed by atoms with Gasteiger partial charge in [0.1, 0.15) is 12.3 Å². The second kappa shape index (κ2) is 6.13. The molecular formula is C10H17N2O6P. The van der Waals surface area contributed by atoms with E-state index in [0.717, 1.165) is 0 Å². The van der Waals surface area contributed by atoms with Gasteiger partial charge >= 0.3 is 6.03 Å². The predicted octanol–water partition coefficient (Wildman–Crippen LogP) is -0.773. The molecule has 5 atom stereocenters. The molecule has 4 N–H and O–H groups in total. The third-order valence-electron chi connectivity index (χ3n) is 3.14. The van der Waals surface area contributed by atoms with Crippen LogP contribution in [-0.2, 0) is 9.26 Å². The third kappa shape index (κ3) is 3.05. The van der Waals surface area contributed by atoms with E-state index in [1.54, 1.807) is 6.92 Å². The van der Waals surface area contributed by atoms with Gasteiger partial charge in [-0.2, -0.15) is 0 Å². The van der Waals surface area contributed by atoms with Gasteiger partial charge in [-0.25, -0.2) is 4.79 Å². The van der Waals surface area contributed by atoms with Crippen LogP contribution in [0.2, 0.25) is 0 Å². The molecule has 0 aromatic carbocycles. The van der Waals surface area contributed by atoms with E-state index >= 15 is 0 Å². The lowest BCUT2D eigenvalue weighted by Crippen LogP contribution is -2.51. The summed E-state index contributed by atoms with van der Waals surface area (Å²) in [7, 11) is -0.701. The maximum Gasteiger partial charge on any atom is 0.325 e. The molecule has 8 nitrogen and oxygen atoms in total. The van der Waals surface area contributed by atoms with Crippen LogP contribution in [0.5, 0.6) is 0 Å². The highest BCUT2D eigenvalue weighted by atomic mass is 31.1. The molecule has 2 aliphatic rings. The van der Waals surface area contributed by atoms with Crippen molar-refractivity contribution in [3.05, 3.63) is 11.8 Å². The highest BCUT2D eigenvalue weighted by Gasteiger charge is 2.41. The summed E-state index contributed by atoms with van der Waals surface area (Å²) in [6.45, 7) is 1.42. The lowest BCUT2D eigenvalue weighted by molar-refractivity contribution is -0.0525. The van der Waals surface area contributed by atoms with E-state index in [9.17, 15) is 15.0 Å². The van der Waals surface area contributed by atoms with Crippen molar-refractivity contribution < 1.29 is 29.2 Å². The zero-order valence-corrected chi connectivity index (χ0v) is 11.3. The average Bonchev–Trinajstić information content (AvgIpc) is 2.77. The molecule has 9 heteroatoms. The Morgan fingerprint density at radius 2 is 2.42 bits per heavy atom. The van der Waals surface area contributed by atoms with E-state index in [4.69, 9.17) is 14.2 Å². The smallest absolute Gasteiger partial charge is 0.325 e. The fraction of sp³-hybridized carbons (Fsp3) is 0.700. The number of hydrogen-bond donors (Lipinski definition) is 4. The maximum absolute atomic E-state index is 11.8. The molecular weight excluding hydrogens is 275 g/mol. The van der Waals surface area contributed by atoms with E-state index in [0.29, 0.717) is 12.0 Å². The number of nitrogens with zero attached hydrogens (tertiary/aromatic N) is 1. The molecule has 2 heterocycles. The van der Waals surface area contributed by atoms with Crippen LogP contribution < -0.4 is 5.32 Å². The van der Waals surface area contributed by atoms with Crippen molar-refractivity contribution in [2.45, 2.75) is 38.0 Å². The number of nitrogens with one attached hydrogen (secondary N) is 1. The van der Waals surface area contributed by atoms with Gasteiger partial charge in [-0.3, -0.25) is 4.90 Å². The molecule has 0 spiro atoms. The number of carbonyl (C=O) groups excluding carboxylic acids is 1. The molecule has 2 amide bonds. The minimum atomic E-state index is -0.996. The quantitative estimate of drug-likeness (QED) is 0.506. The number of urea groups is 1. The number of carbonyl (C=O) groups is 1. The maximum atomic E-state index is 11.8. The fourth-order valence-electron chi connectivity index (χ4n) is 2.09. The second-order valence-corrected chi connectivity index (χ2v) is 4.85. The van der Waals surface area contributed by atoms with Crippen molar-refractivity contribution in [2.75, 3.05) is 6.61 Å².